The molecule has 0 aliphatic carbocycles. The van der Waals surface area contributed by atoms with E-state index in [1.54, 1.807) is 21.0 Å². The van der Waals surface area contributed by atoms with Gasteiger partial charge in [0.15, 0.2) is 0 Å². The van der Waals surface area contributed by atoms with E-state index in [1.807, 2.05) is 6.08 Å². The highest BCUT2D eigenvalue weighted by Gasteiger charge is 2.16. The summed E-state index contributed by atoms with van der Waals surface area (Å²) in [5.74, 6) is 0. The second-order valence-corrected chi connectivity index (χ2v) is 5.87. The highest BCUT2D eigenvalue weighted by molar-refractivity contribution is 4.97. The van der Waals surface area contributed by atoms with Gasteiger partial charge in [-0.1, -0.05) is 32.4 Å². The Morgan fingerprint density at radius 2 is 1.75 bits per heavy atom. The van der Waals surface area contributed by atoms with Crippen LogP contribution in [-0.4, -0.2) is 24.4 Å². The molecular formula is C14H28O2. The van der Waals surface area contributed by atoms with E-state index in [4.69, 9.17) is 4.74 Å². The molecule has 0 aliphatic heterocycles. The third-order valence-corrected chi connectivity index (χ3v) is 2.65. The Kier molecular flexibility index (Phi) is 6.93. The lowest BCUT2D eigenvalue weighted by atomic mass is 9.83. The second-order valence-electron chi connectivity index (χ2n) is 5.87. The Bertz CT molecular complexity index is 199. The van der Waals surface area contributed by atoms with E-state index in [9.17, 15) is 5.11 Å². The fraction of sp³-hybridized carbons (Fsp3) is 0.857. The minimum absolute atomic E-state index is 0.315. The summed E-state index contributed by atoms with van der Waals surface area (Å²) in [4.78, 5) is 0. The first kappa shape index (κ1) is 15.7. The van der Waals surface area contributed by atoms with Gasteiger partial charge in [-0.05, 0) is 38.5 Å². The van der Waals surface area contributed by atoms with Crippen LogP contribution in [0.15, 0.2) is 12.2 Å². The summed E-state index contributed by atoms with van der Waals surface area (Å²) in [6.45, 7) is 9.00. The predicted octanol–water partition coefficient (Wildman–Crippen LogP) is 3.55. The van der Waals surface area contributed by atoms with Gasteiger partial charge < -0.3 is 9.84 Å². The van der Waals surface area contributed by atoms with E-state index < -0.39 is 5.60 Å². The lowest BCUT2D eigenvalue weighted by Gasteiger charge is -2.23. The molecule has 2 heteroatoms. The molecule has 0 rings (SSSR count). The van der Waals surface area contributed by atoms with E-state index >= 15 is 0 Å². The monoisotopic (exact) mass is 228 g/mol. The molecule has 0 aromatic rings. The van der Waals surface area contributed by atoms with Crippen molar-refractivity contribution in [3.05, 3.63) is 12.2 Å². The summed E-state index contributed by atoms with van der Waals surface area (Å²) in [5, 5.41) is 9.56. The van der Waals surface area contributed by atoms with E-state index in [1.165, 1.54) is 12.8 Å². The maximum Gasteiger partial charge on any atom is 0.0771 e. The molecule has 0 saturated heterocycles. The van der Waals surface area contributed by atoms with Crippen molar-refractivity contribution in [1.82, 2.24) is 0 Å². The molecule has 0 radical (unpaired) electrons. The number of allylic oxidation sites excluding steroid dienone is 1. The van der Waals surface area contributed by atoms with Crippen molar-refractivity contribution in [2.75, 3.05) is 13.7 Å². The molecule has 0 fully saturated rings. The number of aliphatic hydroxyl groups is 1. The third kappa shape index (κ3) is 10.2. The number of unbranched alkanes of at least 4 members (excludes halogenated alkanes) is 1. The molecule has 1 N–H and O–H groups in total. The van der Waals surface area contributed by atoms with Crippen LogP contribution in [0.5, 0.6) is 0 Å². The van der Waals surface area contributed by atoms with Gasteiger partial charge in [0.25, 0.3) is 0 Å². The molecule has 0 aliphatic rings. The highest BCUT2D eigenvalue weighted by Crippen LogP contribution is 2.28. The quantitative estimate of drug-likeness (QED) is 0.508. The minimum atomic E-state index is -0.688. The average Bonchev–Trinajstić information content (AvgIpc) is 2.10. The van der Waals surface area contributed by atoms with Gasteiger partial charge in [0.05, 0.1) is 5.60 Å². The predicted molar refractivity (Wildman–Crippen MR) is 69.6 cm³/mol. The van der Waals surface area contributed by atoms with Gasteiger partial charge >= 0.3 is 0 Å². The lowest BCUT2D eigenvalue weighted by molar-refractivity contribution is 0.132. The first-order valence-corrected chi connectivity index (χ1v) is 6.16. The zero-order chi connectivity index (χ0) is 12.7. The third-order valence-electron chi connectivity index (χ3n) is 2.65. The topological polar surface area (TPSA) is 29.5 Å². The van der Waals surface area contributed by atoms with Gasteiger partial charge in [0, 0.05) is 13.7 Å². The number of ether oxygens (including phenoxy) is 1. The fourth-order valence-electron chi connectivity index (χ4n) is 1.62. The molecule has 0 aromatic carbocycles. The Labute approximate surface area is 101 Å². The van der Waals surface area contributed by atoms with Gasteiger partial charge in [0.1, 0.15) is 0 Å². The van der Waals surface area contributed by atoms with Gasteiger partial charge in [0.2, 0.25) is 0 Å². The van der Waals surface area contributed by atoms with Crippen LogP contribution < -0.4 is 0 Å². The zero-order valence-electron chi connectivity index (χ0n) is 11.5. The normalized spacial score (nSPS) is 13.6. The Morgan fingerprint density at radius 3 is 2.25 bits per heavy atom. The number of rotatable bonds is 8. The van der Waals surface area contributed by atoms with Gasteiger partial charge in [-0.25, -0.2) is 0 Å². The molecule has 0 heterocycles. The highest BCUT2D eigenvalue weighted by atomic mass is 16.5. The number of hydrogen-bond donors (Lipinski definition) is 1. The Hall–Kier alpha value is -0.340. The van der Waals surface area contributed by atoms with E-state index in [-0.39, 0.29) is 0 Å². The van der Waals surface area contributed by atoms with Crippen LogP contribution in [-0.2, 0) is 4.74 Å². The first-order valence-electron chi connectivity index (χ1n) is 6.16. The molecule has 0 aromatic heterocycles. The van der Waals surface area contributed by atoms with E-state index in [2.05, 4.69) is 19.9 Å². The largest absolute Gasteiger partial charge is 0.386 e. The molecule has 0 amide bonds. The molecule has 0 bridgehead atoms. The smallest absolute Gasteiger partial charge is 0.0771 e. The minimum Gasteiger partial charge on any atom is -0.386 e. The van der Waals surface area contributed by atoms with Crippen molar-refractivity contribution < 1.29 is 9.84 Å². The van der Waals surface area contributed by atoms with Crippen molar-refractivity contribution in [2.45, 2.75) is 59.0 Å². The Balaban J connectivity index is 3.82. The van der Waals surface area contributed by atoms with E-state index in [0.29, 0.717) is 5.41 Å². The molecule has 0 atom stereocenters. The summed E-state index contributed by atoms with van der Waals surface area (Å²) in [5.41, 5.74) is -0.373. The van der Waals surface area contributed by atoms with Gasteiger partial charge in [-0.2, -0.15) is 0 Å². The van der Waals surface area contributed by atoms with E-state index in [0.717, 1.165) is 19.4 Å². The maximum absolute atomic E-state index is 9.56. The fourth-order valence-corrected chi connectivity index (χ4v) is 1.62. The van der Waals surface area contributed by atoms with Crippen LogP contribution >= 0.6 is 0 Å². The molecular weight excluding hydrogens is 200 g/mol. The van der Waals surface area contributed by atoms with Crippen LogP contribution in [0.3, 0.4) is 0 Å². The molecule has 96 valence electrons. The zero-order valence-corrected chi connectivity index (χ0v) is 11.5. The standard InChI is InChI=1S/C14H28O2/c1-13(2,9-6-7-12-16-5)10-8-11-14(3,4)15/h8,11,15H,6-7,9-10,12H2,1-5H3/b11-8-. The number of methoxy groups -OCH3 is 1. The average molecular weight is 228 g/mol. The molecule has 0 unspecified atom stereocenters. The van der Waals surface area contributed by atoms with Crippen molar-refractivity contribution in [2.24, 2.45) is 5.41 Å². The summed E-state index contributed by atoms with van der Waals surface area (Å²) >= 11 is 0. The summed E-state index contributed by atoms with van der Waals surface area (Å²) in [6, 6.07) is 0. The van der Waals surface area contributed by atoms with Crippen LogP contribution in [0.4, 0.5) is 0 Å². The van der Waals surface area contributed by atoms with Crippen molar-refractivity contribution >= 4 is 0 Å². The summed E-state index contributed by atoms with van der Waals surface area (Å²) in [7, 11) is 1.75. The Morgan fingerprint density at radius 1 is 1.12 bits per heavy atom. The van der Waals surface area contributed by atoms with Crippen molar-refractivity contribution in [3.8, 4) is 0 Å². The lowest BCUT2D eigenvalue weighted by Crippen LogP contribution is -2.15. The number of hydrogen-bond acceptors (Lipinski definition) is 2. The van der Waals surface area contributed by atoms with Gasteiger partial charge in [-0.15, -0.1) is 0 Å². The van der Waals surface area contributed by atoms with Crippen LogP contribution in [0.25, 0.3) is 0 Å². The van der Waals surface area contributed by atoms with Crippen molar-refractivity contribution in [3.63, 3.8) is 0 Å². The second kappa shape index (κ2) is 7.08. The SMILES string of the molecule is COCCCCC(C)(C)C/C=C\C(C)(C)O. The van der Waals surface area contributed by atoms with Crippen LogP contribution in [0, 0.1) is 5.41 Å². The van der Waals surface area contributed by atoms with Crippen molar-refractivity contribution in [1.29, 1.82) is 0 Å². The molecule has 2 nitrogen and oxygen atoms in total. The molecule has 16 heavy (non-hydrogen) atoms. The molecule has 0 spiro atoms. The summed E-state index contributed by atoms with van der Waals surface area (Å²) in [6.07, 6.45) is 8.53. The molecule has 0 saturated carbocycles. The first-order chi connectivity index (χ1) is 7.27. The van der Waals surface area contributed by atoms with Crippen LogP contribution in [0.1, 0.15) is 53.4 Å². The maximum atomic E-state index is 9.56. The summed E-state index contributed by atoms with van der Waals surface area (Å²) < 4.78 is 5.04. The van der Waals surface area contributed by atoms with Crippen LogP contribution in [0.2, 0.25) is 0 Å². The van der Waals surface area contributed by atoms with Gasteiger partial charge in [-0.3, -0.25) is 0 Å².